The van der Waals surface area contributed by atoms with E-state index < -0.39 is 0 Å². The van der Waals surface area contributed by atoms with E-state index in [1.54, 1.807) is 12.4 Å². The van der Waals surface area contributed by atoms with Gasteiger partial charge < -0.3 is 9.80 Å². The van der Waals surface area contributed by atoms with E-state index in [1.165, 1.54) is 25.8 Å². The Hall–Kier alpha value is -1.67. The summed E-state index contributed by atoms with van der Waals surface area (Å²) >= 11 is 0. The third-order valence-corrected chi connectivity index (χ3v) is 4.37. The molecule has 0 aliphatic carbocycles. The fourth-order valence-corrected chi connectivity index (χ4v) is 3.52. The molecule has 0 N–H and O–H groups in total. The molecule has 0 saturated carbocycles. The number of rotatable bonds is 1. The Morgan fingerprint density at radius 1 is 1.21 bits per heavy atom. The molecule has 0 amide bonds. The molecule has 5 nitrogen and oxygen atoms in total. The summed E-state index contributed by atoms with van der Waals surface area (Å²) in [5, 5.41) is 9.16. The van der Waals surface area contributed by atoms with Crippen LogP contribution in [-0.4, -0.2) is 48.1 Å². The zero-order valence-corrected chi connectivity index (χ0v) is 11.3. The van der Waals surface area contributed by atoms with Crippen LogP contribution in [0.25, 0.3) is 0 Å². The number of nitriles is 1. The smallest absolute Gasteiger partial charge is 0.183 e. The monoisotopic (exact) mass is 257 g/mol. The lowest BCUT2D eigenvalue weighted by atomic mass is 9.79. The minimum atomic E-state index is 0.386. The van der Waals surface area contributed by atoms with Crippen molar-refractivity contribution in [2.45, 2.75) is 19.3 Å². The molecule has 0 aromatic carbocycles. The molecule has 1 unspecified atom stereocenters. The van der Waals surface area contributed by atoms with Crippen LogP contribution in [0.1, 0.15) is 25.0 Å². The summed E-state index contributed by atoms with van der Waals surface area (Å²) in [6.07, 6.45) is 6.98. The highest BCUT2D eigenvalue weighted by molar-refractivity contribution is 5.50. The van der Waals surface area contributed by atoms with Gasteiger partial charge in [0, 0.05) is 37.4 Å². The second-order valence-electron chi connectivity index (χ2n) is 5.85. The van der Waals surface area contributed by atoms with Crippen LogP contribution in [0.4, 0.5) is 5.82 Å². The topological polar surface area (TPSA) is 56.1 Å². The average molecular weight is 257 g/mol. The summed E-state index contributed by atoms with van der Waals surface area (Å²) in [4.78, 5) is 13.2. The van der Waals surface area contributed by atoms with E-state index in [2.05, 4.69) is 32.9 Å². The molecule has 1 aromatic heterocycles. The summed E-state index contributed by atoms with van der Waals surface area (Å²) in [6, 6.07) is 2.15. The zero-order chi connectivity index (χ0) is 13.3. The fraction of sp³-hybridized carbons (Fsp3) is 0.643. The van der Waals surface area contributed by atoms with Crippen LogP contribution in [0, 0.1) is 16.7 Å². The predicted molar refractivity (Wildman–Crippen MR) is 72.7 cm³/mol. The lowest BCUT2D eigenvalue weighted by Crippen LogP contribution is -2.45. The van der Waals surface area contributed by atoms with Crippen LogP contribution in [0.2, 0.25) is 0 Å². The van der Waals surface area contributed by atoms with Crippen molar-refractivity contribution in [3.8, 4) is 6.07 Å². The summed E-state index contributed by atoms with van der Waals surface area (Å²) in [5.74, 6) is 0.763. The van der Waals surface area contributed by atoms with Crippen LogP contribution < -0.4 is 4.90 Å². The highest BCUT2D eigenvalue weighted by atomic mass is 15.2. The number of hydrogen-bond donors (Lipinski definition) is 0. The van der Waals surface area contributed by atoms with Crippen molar-refractivity contribution in [3.63, 3.8) is 0 Å². The van der Waals surface area contributed by atoms with Gasteiger partial charge in [0.1, 0.15) is 6.07 Å². The average Bonchev–Trinajstić information content (AvgIpc) is 2.79. The molecule has 3 heterocycles. The van der Waals surface area contributed by atoms with Crippen molar-refractivity contribution >= 4 is 5.82 Å². The lowest BCUT2D eigenvalue weighted by molar-refractivity contribution is 0.233. The van der Waals surface area contributed by atoms with Crippen molar-refractivity contribution in [3.05, 3.63) is 18.1 Å². The zero-order valence-electron chi connectivity index (χ0n) is 11.3. The van der Waals surface area contributed by atoms with Crippen LogP contribution in [0.5, 0.6) is 0 Å². The van der Waals surface area contributed by atoms with Crippen LogP contribution in [-0.2, 0) is 0 Å². The minimum absolute atomic E-state index is 0.386. The maximum Gasteiger partial charge on any atom is 0.183 e. The molecule has 100 valence electrons. The van der Waals surface area contributed by atoms with Crippen molar-refractivity contribution in [2.75, 3.05) is 38.1 Å². The molecule has 2 saturated heterocycles. The van der Waals surface area contributed by atoms with Gasteiger partial charge in [-0.25, -0.2) is 9.97 Å². The molecule has 0 bridgehead atoms. The van der Waals surface area contributed by atoms with Gasteiger partial charge in [-0.15, -0.1) is 0 Å². The molecule has 2 aliphatic heterocycles. The molecule has 0 radical (unpaired) electrons. The van der Waals surface area contributed by atoms with Crippen LogP contribution in [0.3, 0.4) is 0 Å². The summed E-state index contributed by atoms with van der Waals surface area (Å²) in [6.45, 7) is 4.33. The number of likely N-dealkylation sites (tertiary alicyclic amines) is 1. The van der Waals surface area contributed by atoms with Crippen molar-refractivity contribution < 1.29 is 0 Å². The molecular formula is C14H19N5. The van der Waals surface area contributed by atoms with Gasteiger partial charge in [0.25, 0.3) is 0 Å². The molecule has 1 aromatic rings. The molecule has 1 atom stereocenters. The van der Waals surface area contributed by atoms with Gasteiger partial charge in [0.2, 0.25) is 0 Å². The maximum atomic E-state index is 9.16. The first-order chi connectivity index (χ1) is 9.22. The second-order valence-corrected chi connectivity index (χ2v) is 5.85. The standard InChI is InChI=1S/C14H19N5/c1-18-8-4-14(10-18)3-2-7-19(11-14)13-12(9-15)16-5-6-17-13/h5-6H,2-4,7-8,10-11H2,1H3. The summed E-state index contributed by atoms with van der Waals surface area (Å²) < 4.78 is 0. The van der Waals surface area contributed by atoms with Gasteiger partial charge in [-0.05, 0) is 32.9 Å². The Kier molecular flexibility index (Phi) is 3.11. The molecule has 19 heavy (non-hydrogen) atoms. The quantitative estimate of drug-likeness (QED) is 0.758. The summed E-state index contributed by atoms with van der Waals surface area (Å²) in [5.41, 5.74) is 0.836. The third kappa shape index (κ3) is 2.28. The highest BCUT2D eigenvalue weighted by Gasteiger charge is 2.40. The first kappa shape index (κ1) is 12.4. The molecule has 3 rings (SSSR count). The number of hydrogen-bond acceptors (Lipinski definition) is 5. The van der Waals surface area contributed by atoms with Gasteiger partial charge in [-0.2, -0.15) is 5.26 Å². The van der Waals surface area contributed by atoms with E-state index in [-0.39, 0.29) is 0 Å². The van der Waals surface area contributed by atoms with E-state index in [1.807, 2.05) is 0 Å². The van der Waals surface area contributed by atoms with Gasteiger partial charge in [0.05, 0.1) is 0 Å². The van der Waals surface area contributed by atoms with Gasteiger partial charge >= 0.3 is 0 Å². The largest absolute Gasteiger partial charge is 0.354 e. The van der Waals surface area contributed by atoms with Gasteiger partial charge in [-0.1, -0.05) is 0 Å². The number of nitrogens with zero attached hydrogens (tertiary/aromatic N) is 5. The Bertz CT molecular complexity index is 505. The molecule has 2 fully saturated rings. The van der Waals surface area contributed by atoms with Crippen molar-refractivity contribution in [1.29, 1.82) is 5.26 Å². The predicted octanol–water partition coefficient (Wildman–Crippen LogP) is 1.27. The fourth-order valence-electron chi connectivity index (χ4n) is 3.52. The minimum Gasteiger partial charge on any atom is -0.354 e. The SMILES string of the molecule is CN1CCC2(CCCN(c3nccnc3C#N)C2)C1. The third-order valence-electron chi connectivity index (χ3n) is 4.37. The maximum absolute atomic E-state index is 9.16. The molecule has 1 spiro atoms. The number of aromatic nitrogens is 2. The van der Waals surface area contributed by atoms with Crippen molar-refractivity contribution in [1.82, 2.24) is 14.9 Å². The van der Waals surface area contributed by atoms with Gasteiger partial charge in [0.15, 0.2) is 11.5 Å². The van der Waals surface area contributed by atoms with E-state index in [9.17, 15) is 0 Å². The molecular weight excluding hydrogens is 238 g/mol. The van der Waals surface area contributed by atoms with Crippen molar-refractivity contribution in [2.24, 2.45) is 5.41 Å². The Morgan fingerprint density at radius 3 is 2.79 bits per heavy atom. The van der Waals surface area contributed by atoms with Crippen LogP contribution in [0.15, 0.2) is 12.4 Å². The normalized spacial score (nSPS) is 27.7. The number of anilines is 1. The van der Waals surface area contributed by atoms with E-state index in [4.69, 9.17) is 5.26 Å². The van der Waals surface area contributed by atoms with Crippen LogP contribution >= 0.6 is 0 Å². The Labute approximate surface area is 113 Å². The molecule has 2 aliphatic rings. The van der Waals surface area contributed by atoms with Gasteiger partial charge in [-0.3, -0.25) is 0 Å². The second kappa shape index (κ2) is 4.78. The highest BCUT2D eigenvalue weighted by Crippen LogP contribution is 2.39. The first-order valence-electron chi connectivity index (χ1n) is 6.87. The van der Waals surface area contributed by atoms with E-state index >= 15 is 0 Å². The summed E-state index contributed by atoms with van der Waals surface area (Å²) in [7, 11) is 2.19. The lowest BCUT2D eigenvalue weighted by Gasteiger charge is -2.41. The Morgan fingerprint density at radius 2 is 2.05 bits per heavy atom. The van der Waals surface area contributed by atoms with E-state index in [0.717, 1.165) is 25.5 Å². The Balaban J connectivity index is 1.84. The number of piperidine rings is 1. The first-order valence-corrected chi connectivity index (χ1v) is 6.87. The van der Waals surface area contributed by atoms with E-state index in [0.29, 0.717) is 11.1 Å². The molecule has 5 heteroatoms.